The first kappa shape index (κ1) is 22.1. The standard InChI is InChI=1S/C23H29N3O3/c1-4-16(2)25-23(29)20-12-8-9-18(14-20)15-24-21(27)13-17(3)26-22(28)19-10-6-5-7-11-19/h5-12,14,16-17H,4,13,15H2,1-3H3,(H,24,27)(H,25,29)(H,26,28). The van der Waals surface area contributed by atoms with Gasteiger partial charge in [0.05, 0.1) is 0 Å². The Morgan fingerprint density at radius 2 is 1.45 bits per heavy atom. The van der Waals surface area contributed by atoms with Crippen LogP contribution in [0.25, 0.3) is 0 Å². The van der Waals surface area contributed by atoms with E-state index in [1.807, 2.05) is 26.0 Å². The largest absolute Gasteiger partial charge is 0.352 e. The third-order valence-corrected chi connectivity index (χ3v) is 4.57. The Balaban J connectivity index is 1.82. The minimum atomic E-state index is -0.296. The second-order valence-corrected chi connectivity index (χ2v) is 7.20. The first-order chi connectivity index (χ1) is 13.9. The molecule has 0 aromatic heterocycles. The predicted molar refractivity (Wildman–Crippen MR) is 113 cm³/mol. The van der Waals surface area contributed by atoms with Gasteiger partial charge in [0, 0.05) is 36.2 Å². The Kier molecular flexibility index (Phi) is 8.40. The van der Waals surface area contributed by atoms with Crippen LogP contribution in [0, 0.1) is 0 Å². The summed E-state index contributed by atoms with van der Waals surface area (Å²) in [5.41, 5.74) is 1.98. The lowest BCUT2D eigenvalue weighted by molar-refractivity contribution is -0.121. The summed E-state index contributed by atoms with van der Waals surface area (Å²) in [5, 5.41) is 8.59. The zero-order chi connectivity index (χ0) is 21.2. The van der Waals surface area contributed by atoms with Crippen molar-refractivity contribution >= 4 is 17.7 Å². The van der Waals surface area contributed by atoms with Crippen LogP contribution in [0.2, 0.25) is 0 Å². The van der Waals surface area contributed by atoms with E-state index in [-0.39, 0.29) is 36.2 Å². The highest BCUT2D eigenvalue weighted by Crippen LogP contribution is 2.07. The monoisotopic (exact) mass is 395 g/mol. The molecule has 0 aliphatic heterocycles. The fraction of sp³-hybridized carbons (Fsp3) is 0.348. The Labute approximate surface area is 172 Å². The Bertz CT molecular complexity index is 836. The highest BCUT2D eigenvalue weighted by molar-refractivity contribution is 5.95. The molecule has 2 aromatic rings. The van der Waals surface area contributed by atoms with Crippen LogP contribution in [0.1, 0.15) is 59.9 Å². The molecule has 0 spiro atoms. The van der Waals surface area contributed by atoms with Gasteiger partial charge in [0.25, 0.3) is 11.8 Å². The van der Waals surface area contributed by atoms with Crippen molar-refractivity contribution in [3.63, 3.8) is 0 Å². The van der Waals surface area contributed by atoms with Crippen LogP contribution >= 0.6 is 0 Å². The average Bonchev–Trinajstić information content (AvgIpc) is 2.72. The first-order valence-corrected chi connectivity index (χ1v) is 9.91. The van der Waals surface area contributed by atoms with E-state index >= 15 is 0 Å². The Hall–Kier alpha value is -3.15. The molecule has 154 valence electrons. The Morgan fingerprint density at radius 1 is 0.828 bits per heavy atom. The van der Waals surface area contributed by atoms with Gasteiger partial charge in [0.15, 0.2) is 0 Å². The van der Waals surface area contributed by atoms with Gasteiger partial charge in [-0.05, 0) is 50.1 Å². The molecule has 0 aliphatic carbocycles. The van der Waals surface area contributed by atoms with Crippen molar-refractivity contribution in [2.75, 3.05) is 0 Å². The summed E-state index contributed by atoms with van der Waals surface area (Å²) in [6.07, 6.45) is 1.03. The first-order valence-electron chi connectivity index (χ1n) is 9.91. The van der Waals surface area contributed by atoms with Crippen LogP contribution in [0.5, 0.6) is 0 Å². The molecule has 2 atom stereocenters. The molecule has 0 saturated heterocycles. The quantitative estimate of drug-likeness (QED) is 0.610. The zero-order valence-corrected chi connectivity index (χ0v) is 17.2. The smallest absolute Gasteiger partial charge is 0.251 e. The van der Waals surface area contributed by atoms with Crippen molar-refractivity contribution in [1.82, 2.24) is 16.0 Å². The van der Waals surface area contributed by atoms with Crippen molar-refractivity contribution in [3.8, 4) is 0 Å². The Morgan fingerprint density at radius 3 is 2.14 bits per heavy atom. The fourth-order valence-corrected chi connectivity index (χ4v) is 2.73. The van der Waals surface area contributed by atoms with E-state index in [9.17, 15) is 14.4 Å². The van der Waals surface area contributed by atoms with E-state index < -0.39 is 0 Å². The lowest BCUT2D eigenvalue weighted by Crippen LogP contribution is -2.37. The molecule has 0 radical (unpaired) electrons. The van der Waals surface area contributed by atoms with Gasteiger partial charge in [0.2, 0.25) is 5.91 Å². The minimum absolute atomic E-state index is 0.110. The molecule has 3 amide bonds. The van der Waals surface area contributed by atoms with E-state index in [4.69, 9.17) is 0 Å². The van der Waals surface area contributed by atoms with Crippen LogP contribution in [-0.4, -0.2) is 29.8 Å². The van der Waals surface area contributed by atoms with Crippen LogP contribution in [-0.2, 0) is 11.3 Å². The molecule has 6 nitrogen and oxygen atoms in total. The van der Waals surface area contributed by atoms with Crippen molar-refractivity contribution in [1.29, 1.82) is 0 Å². The SMILES string of the molecule is CCC(C)NC(=O)c1cccc(CNC(=O)CC(C)NC(=O)c2ccccc2)c1. The topological polar surface area (TPSA) is 87.3 Å². The lowest BCUT2D eigenvalue weighted by atomic mass is 10.1. The summed E-state index contributed by atoms with van der Waals surface area (Å²) < 4.78 is 0. The summed E-state index contributed by atoms with van der Waals surface area (Å²) in [6, 6.07) is 15.9. The average molecular weight is 396 g/mol. The fourth-order valence-electron chi connectivity index (χ4n) is 2.73. The number of benzene rings is 2. The maximum absolute atomic E-state index is 12.2. The number of hydrogen-bond donors (Lipinski definition) is 3. The normalized spacial score (nSPS) is 12.5. The number of amides is 3. The molecule has 3 N–H and O–H groups in total. The van der Waals surface area contributed by atoms with Gasteiger partial charge in [-0.1, -0.05) is 37.3 Å². The number of rotatable bonds is 9. The summed E-state index contributed by atoms with van der Waals surface area (Å²) in [5.74, 6) is -0.490. The van der Waals surface area contributed by atoms with E-state index in [0.717, 1.165) is 12.0 Å². The molecular formula is C23H29N3O3. The lowest BCUT2D eigenvalue weighted by Gasteiger charge is -2.14. The number of carbonyl (C=O) groups is 3. The highest BCUT2D eigenvalue weighted by Gasteiger charge is 2.13. The summed E-state index contributed by atoms with van der Waals surface area (Å²) in [4.78, 5) is 36.6. The predicted octanol–water partition coefficient (Wildman–Crippen LogP) is 3.04. The molecule has 0 aliphatic rings. The van der Waals surface area contributed by atoms with Gasteiger partial charge in [-0.15, -0.1) is 0 Å². The summed E-state index contributed by atoms with van der Waals surface area (Å²) >= 11 is 0. The summed E-state index contributed by atoms with van der Waals surface area (Å²) in [7, 11) is 0. The van der Waals surface area contributed by atoms with Crippen molar-refractivity contribution in [2.45, 2.75) is 52.2 Å². The van der Waals surface area contributed by atoms with Crippen molar-refractivity contribution in [3.05, 3.63) is 71.3 Å². The van der Waals surface area contributed by atoms with E-state index in [2.05, 4.69) is 16.0 Å². The van der Waals surface area contributed by atoms with E-state index in [1.54, 1.807) is 49.4 Å². The van der Waals surface area contributed by atoms with E-state index in [0.29, 0.717) is 17.7 Å². The van der Waals surface area contributed by atoms with Crippen LogP contribution in [0.15, 0.2) is 54.6 Å². The molecule has 29 heavy (non-hydrogen) atoms. The van der Waals surface area contributed by atoms with Crippen LogP contribution in [0.3, 0.4) is 0 Å². The maximum atomic E-state index is 12.2. The molecule has 0 saturated carbocycles. The van der Waals surface area contributed by atoms with Gasteiger partial charge < -0.3 is 16.0 Å². The van der Waals surface area contributed by atoms with Gasteiger partial charge in [-0.3, -0.25) is 14.4 Å². The number of nitrogens with one attached hydrogen (secondary N) is 3. The molecule has 6 heteroatoms. The molecule has 2 unspecified atom stereocenters. The second-order valence-electron chi connectivity index (χ2n) is 7.20. The van der Waals surface area contributed by atoms with Gasteiger partial charge in [-0.25, -0.2) is 0 Å². The van der Waals surface area contributed by atoms with Gasteiger partial charge in [0.1, 0.15) is 0 Å². The second kappa shape index (κ2) is 11.0. The molecule has 2 aromatic carbocycles. The highest BCUT2D eigenvalue weighted by atomic mass is 16.2. The molecule has 0 bridgehead atoms. The van der Waals surface area contributed by atoms with Crippen LogP contribution in [0.4, 0.5) is 0 Å². The third-order valence-electron chi connectivity index (χ3n) is 4.57. The van der Waals surface area contributed by atoms with E-state index in [1.165, 1.54) is 0 Å². The van der Waals surface area contributed by atoms with Crippen molar-refractivity contribution in [2.24, 2.45) is 0 Å². The molecule has 0 heterocycles. The molecule has 0 fully saturated rings. The molecular weight excluding hydrogens is 366 g/mol. The third kappa shape index (κ3) is 7.41. The van der Waals surface area contributed by atoms with Gasteiger partial charge in [-0.2, -0.15) is 0 Å². The van der Waals surface area contributed by atoms with Crippen molar-refractivity contribution < 1.29 is 14.4 Å². The maximum Gasteiger partial charge on any atom is 0.251 e. The zero-order valence-electron chi connectivity index (χ0n) is 17.2. The molecule has 2 rings (SSSR count). The number of carbonyl (C=O) groups excluding carboxylic acids is 3. The summed E-state index contributed by atoms with van der Waals surface area (Å²) in [6.45, 7) is 6.09. The number of hydrogen-bond acceptors (Lipinski definition) is 3. The minimum Gasteiger partial charge on any atom is -0.352 e. The van der Waals surface area contributed by atoms with Gasteiger partial charge >= 0.3 is 0 Å². The van der Waals surface area contributed by atoms with Crippen LogP contribution < -0.4 is 16.0 Å².